The molecule has 1 atom stereocenters. The van der Waals surface area contributed by atoms with Crippen molar-refractivity contribution in [3.63, 3.8) is 0 Å². The van der Waals surface area contributed by atoms with Crippen molar-refractivity contribution in [3.8, 4) is 0 Å². The molecule has 0 saturated carbocycles. The Kier molecular flexibility index (Phi) is 3.00. The molecule has 0 bridgehead atoms. The Hall–Kier alpha value is -1.08. The molecule has 0 radical (unpaired) electrons. The van der Waals surface area contributed by atoms with Crippen LogP contribution in [0.15, 0.2) is 36.4 Å². The van der Waals surface area contributed by atoms with Crippen molar-refractivity contribution in [2.24, 2.45) is 5.92 Å². The van der Waals surface area contributed by atoms with Crippen molar-refractivity contribution in [2.45, 2.75) is 19.3 Å². The number of hydrogen-bond acceptors (Lipinski definition) is 1. The van der Waals surface area contributed by atoms with Crippen LogP contribution < -0.4 is 0 Å². The largest absolute Gasteiger partial charge is 0.396 e. The summed E-state index contributed by atoms with van der Waals surface area (Å²) in [4.78, 5) is 0. The van der Waals surface area contributed by atoms with E-state index in [2.05, 4.69) is 30.3 Å². The highest BCUT2D eigenvalue weighted by Crippen LogP contribution is 2.31. The van der Waals surface area contributed by atoms with Gasteiger partial charge < -0.3 is 5.11 Å². The summed E-state index contributed by atoms with van der Waals surface area (Å²) in [6, 6.07) is 10.4. The Bertz CT molecular complexity index is 313. The van der Waals surface area contributed by atoms with Crippen LogP contribution in [0.25, 0.3) is 5.57 Å². The molecule has 74 valence electrons. The molecule has 1 aromatic carbocycles. The zero-order valence-corrected chi connectivity index (χ0v) is 8.32. The second kappa shape index (κ2) is 4.43. The van der Waals surface area contributed by atoms with Crippen molar-refractivity contribution >= 4 is 5.57 Å². The molecule has 14 heavy (non-hydrogen) atoms. The van der Waals surface area contributed by atoms with Gasteiger partial charge in [0.15, 0.2) is 0 Å². The normalized spacial score (nSPS) is 21.8. The zero-order valence-electron chi connectivity index (χ0n) is 8.32. The van der Waals surface area contributed by atoms with Crippen LogP contribution >= 0.6 is 0 Å². The summed E-state index contributed by atoms with van der Waals surface area (Å²) in [5.74, 6) is 0.353. The van der Waals surface area contributed by atoms with Crippen molar-refractivity contribution < 1.29 is 5.11 Å². The van der Waals surface area contributed by atoms with Crippen molar-refractivity contribution in [1.29, 1.82) is 0 Å². The highest BCUT2D eigenvalue weighted by molar-refractivity contribution is 5.68. The fourth-order valence-electron chi connectivity index (χ4n) is 2.12. The summed E-state index contributed by atoms with van der Waals surface area (Å²) in [5.41, 5.74) is 2.60. The maximum absolute atomic E-state index is 9.28. The lowest BCUT2D eigenvalue weighted by Crippen LogP contribution is -2.11. The van der Waals surface area contributed by atoms with Gasteiger partial charge in [0, 0.05) is 12.5 Å². The second-order valence-electron chi connectivity index (χ2n) is 3.84. The Morgan fingerprint density at radius 3 is 2.71 bits per heavy atom. The first-order chi connectivity index (χ1) is 6.92. The van der Waals surface area contributed by atoms with Gasteiger partial charge in [0.2, 0.25) is 0 Å². The van der Waals surface area contributed by atoms with E-state index < -0.39 is 0 Å². The minimum atomic E-state index is 0.278. The van der Waals surface area contributed by atoms with Crippen LogP contribution in [0, 0.1) is 5.92 Å². The molecule has 2 rings (SSSR count). The van der Waals surface area contributed by atoms with Crippen molar-refractivity contribution in [1.82, 2.24) is 0 Å². The molecule has 0 saturated heterocycles. The molecule has 0 heterocycles. The fourth-order valence-corrected chi connectivity index (χ4v) is 2.12. The first kappa shape index (κ1) is 9.47. The molecule has 0 spiro atoms. The lowest BCUT2D eigenvalue weighted by Gasteiger charge is -2.22. The van der Waals surface area contributed by atoms with E-state index in [0.717, 1.165) is 12.8 Å². The lowest BCUT2D eigenvalue weighted by molar-refractivity contribution is 0.246. The monoisotopic (exact) mass is 188 g/mol. The van der Waals surface area contributed by atoms with Crippen LogP contribution in [-0.4, -0.2) is 11.7 Å². The quantitative estimate of drug-likeness (QED) is 0.756. The topological polar surface area (TPSA) is 20.2 Å². The number of allylic oxidation sites excluding steroid dienone is 1. The predicted molar refractivity (Wildman–Crippen MR) is 58.8 cm³/mol. The third-order valence-electron chi connectivity index (χ3n) is 2.89. The molecule has 1 nitrogen and oxygen atoms in total. The molecule has 1 aliphatic carbocycles. The lowest BCUT2D eigenvalue weighted by atomic mass is 9.84. The standard InChI is InChI=1S/C13H16O/c14-10-12-8-4-5-9-13(12)11-6-2-1-3-7-11/h1-3,6-7,9,12,14H,4-5,8,10H2. The Morgan fingerprint density at radius 1 is 1.21 bits per heavy atom. The van der Waals surface area contributed by atoms with E-state index in [1.807, 2.05) is 6.07 Å². The fraction of sp³-hybridized carbons (Fsp3) is 0.385. The van der Waals surface area contributed by atoms with E-state index in [4.69, 9.17) is 0 Å². The first-order valence-electron chi connectivity index (χ1n) is 5.28. The van der Waals surface area contributed by atoms with Crippen molar-refractivity contribution in [2.75, 3.05) is 6.61 Å². The summed E-state index contributed by atoms with van der Waals surface area (Å²) in [6.07, 6.45) is 5.76. The highest BCUT2D eigenvalue weighted by atomic mass is 16.3. The van der Waals surface area contributed by atoms with Crippen LogP contribution in [0.4, 0.5) is 0 Å². The smallest absolute Gasteiger partial charge is 0.0499 e. The summed E-state index contributed by atoms with van der Waals surface area (Å²) in [5, 5.41) is 9.28. The van der Waals surface area contributed by atoms with Gasteiger partial charge in [-0.2, -0.15) is 0 Å². The van der Waals surface area contributed by atoms with Gasteiger partial charge in [-0.1, -0.05) is 36.4 Å². The van der Waals surface area contributed by atoms with E-state index >= 15 is 0 Å². The van der Waals surface area contributed by atoms with E-state index in [1.54, 1.807) is 0 Å². The van der Waals surface area contributed by atoms with Crippen LogP contribution in [0.2, 0.25) is 0 Å². The Morgan fingerprint density at radius 2 is 2.00 bits per heavy atom. The molecule has 0 aliphatic heterocycles. The minimum absolute atomic E-state index is 0.278. The maximum atomic E-state index is 9.28. The van der Waals surface area contributed by atoms with Gasteiger partial charge >= 0.3 is 0 Å². The molecule has 0 aromatic heterocycles. The molecular weight excluding hydrogens is 172 g/mol. The molecule has 1 N–H and O–H groups in total. The average molecular weight is 188 g/mol. The minimum Gasteiger partial charge on any atom is -0.396 e. The van der Waals surface area contributed by atoms with Crippen LogP contribution in [-0.2, 0) is 0 Å². The first-order valence-corrected chi connectivity index (χ1v) is 5.28. The predicted octanol–water partition coefficient (Wildman–Crippen LogP) is 2.86. The van der Waals surface area contributed by atoms with Gasteiger partial charge in [-0.3, -0.25) is 0 Å². The van der Waals surface area contributed by atoms with Gasteiger partial charge in [-0.05, 0) is 30.4 Å². The van der Waals surface area contributed by atoms with E-state index in [9.17, 15) is 5.11 Å². The summed E-state index contributed by atoms with van der Waals surface area (Å²) in [6.45, 7) is 0.278. The van der Waals surface area contributed by atoms with Gasteiger partial charge in [-0.25, -0.2) is 0 Å². The number of benzene rings is 1. The average Bonchev–Trinajstić information content (AvgIpc) is 2.30. The van der Waals surface area contributed by atoms with E-state index in [-0.39, 0.29) is 6.61 Å². The number of rotatable bonds is 2. The number of hydrogen-bond donors (Lipinski definition) is 1. The molecule has 1 heteroatoms. The third kappa shape index (κ3) is 1.88. The number of aliphatic hydroxyl groups excluding tert-OH is 1. The molecule has 1 aliphatic rings. The van der Waals surface area contributed by atoms with Crippen LogP contribution in [0.1, 0.15) is 24.8 Å². The SMILES string of the molecule is OCC1CCCC=C1c1ccccc1. The zero-order chi connectivity index (χ0) is 9.80. The summed E-state index contributed by atoms with van der Waals surface area (Å²) < 4.78 is 0. The van der Waals surface area contributed by atoms with Gasteiger partial charge in [0.05, 0.1) is 0 Å². The Balaban J connectivity index is 2.28. The maximum Gasteiger partial charge on any atom is 0.0499 e. The van der Waals surface area contributed by atoms with Gasteiger partial charge in [-0.15, -0.1) is 0 Å². The second-order valence-corrected chi connectivity index (χ2v) is 3.84. The molecular formula is C13H16O. The van der Waals surface area contributed by atoms with E-state index in [1.165, 1.54) is 17.6 Å². The molecule has 1 aromatic rings. The summed E-state index contributed by atoms with van der Waals surface area (Å²) in [7, 11) is 0. The molecule has 0 fully saturated rings. The van der Waals surface area contributed by atoms with E-state index in [0.29, 0.717) is 5.92 Å². The van der Waals surface area contributed by atoms with Crippen LogP contribution in [0.3, 0.4) is 0 Å². The van der Waals surface area contributed by atoms with Gasteiger partial charge in [0.25, 0.3) is 0 Å². The molecule has 0 amide bonds. The highest BCUT2D eigenvalue weighted by Gasteiger charge is 2.17. The van der Waals surface area contributed by atoms with Gasteiger partial charge in [0.1, 0.15) is 0 Å². The molecule has 1 unspecified atom stereocenters. The summed E-state index contributed by atoms with van der Waals surface area (Å²) >= 11 is 0. The number of aliphatic hydroxyl groups is 1. The van der Waals surface area contributed by atoms with Crippen LogP contribution in [0.5, 0.6) is 0 Å². The third-order valence-corrected chi connectivity index (χ3v) is 2.89. The van der Waals surface area contributed by atoms with Crippen molar-refractivity contribution in [3.05, 3.63) is 42.0 Å². The Labute approximate surface area is 85.1 Å².